The van der Waals surface area contributed by atoms with E-state index in [0.717, 1.165) is 12.3 Å². The third-order valence-electron chi connectivity index (χ3n) is 4.10. The van der Waals surface area contributed by atoms with Crippen molar-refractivity contribution in [3.05, 3.63) is 29.8 Å². The average Bonchev–Trinajstić information content (AvgIpc) is 3.16. The third-order valence-corrected chi connectivity index (χ3v) is 4.10. The predicted octanol–water partition coefficient (Wildman–Crippen LogP) is 3.54. The number of rotatable bonds is 6. The first-order valence-corrected chi connectivity index (χ1v) is 6.57. The highest BCUT2D eigenvalue weighted by molar-refractivity contribution is 5.35. The highest BCUT2D eigenvalue weighted by atomic mass is 16.5. The van der Waals surface area contributed by atoms with Crippen LogP contribution in [0.3, 0.4) is 0 Å². The van der Waals surface area contributed by atoms with Gasteiger partial charge in [0.1, 0.15) is 5.75 Å². The minimum Gasteiger partial charge on any atom is -0.496 e. The summed E-state index contributed by atoms with van der Waals surface area (Å²) in [6, 6.07) is 8.62. The summed E-state index contributed by atoms with van der Waals surface area (Å²) in [5, 5.41) is 3.65. The molecule has 1 aromatic carbocycles. The predicted molar refractivity (Wildman–Crippen MR) is 71.4 cm³/mol. The lowest BCUT2D eigenvalue weighted by atomic mass is 10.0. The van der Waals surface area contributed by atoms with Crippen LogP contribution in [-0.4, -0.2) is 13.7 Å². The van der Waals surface area contributed by atoms with Crippen molar-refractivity contribution >= 4 is 0 Å². The molecule has 0 aromatic heterocycles. The Bertz CT molecular complexity index is 371. The smallest absolute Gasteiger partial charge is 0.123 e. The zero-order valence-corrected chi connectivity index (χ0v) is 11.1. The van der Waals surface area contributed by atoms with Gasteiger partial charge >= 0.3 is 0 Å². The van der Waals surface area contributed by atoms with Gasteiger partial charge in [-0.3, -0.25) is 0 Å². The first kappa shape index (κ1) is 12.4. The Balaban J connectivity index is 1.97. The molecular weight excluding hydrogens is 210 g/mol. The lowest BCUT2D eigenvalue weighted by Crippen LogP contribution is -2.26. The minimum atomic E-state index is 0.357. The zero-order chi connectivity index (χ0) is 12.3. The van der Waals surface area contributed by atoms with Crippen LogP contribution in [-0.2, 0) is 0 Å². The molecule has 0 saturated heterocycles. The molecule has 94 valence electrons. The molecule has 0 bridgehead atoms. The fraction of sp³-hybridized carbons (Fsp3) is 0.600. The van der Waals surface area contributed by atoms with Crippen molar-refractivity contribution in [3.63, 3.8) is 0 Å². The molecule has 1 aromatic rings. The zero-order valence-electron chi connectivity index (χ0n) is 11.1. The summed E-state index contributed by atoms with van der Waals surface area (Å²) in [5.74, 6) is 0.980. The van der Waals surface area contributed by atoms with Crippen LogP contribution in [0.25, 0.3) is 0 Å². The molecule has 1 aliphatic rings. The largest absolute Gasteiger partial charge is 0.496 e. The van der Waals surface area contributed by atoms with Crippen LogP contribution in [0.1, 0.15) is 44.7 Å². The molecule has 1 fully saturated rings. The van der Waals surface area contributed by atoms with Crippen molar-refractivity contribution in [2.75, 3.05) is 13.7 Å². The molecule has 0 heterocycles. The number of nitrogens with one attached hydrogen (secondary N) is 1. The summed E-state index contributed by atoms with van der Waals surface area (Å²) in [5.41, 5.74) is 1.85. The van der Waals surface area contributed by atoms with E-state index in [-0.39, 0.29) is 0 Å². The molecule has 1 atom stereocenters. The molecule has 2 rings (SSSR count). The number of para-hydroxylation sites is 1. The molecule has 0 spiro atoms. The van der Waals surface area contributed by atoms with Crippen LogP contribution >= 0.6 is 0 Å². The second kappa shape index (κ2) is 5.09. The van der Waals surface area contributed by atoms with E-state index in [0.29, 0.717) is 11.5 Å². The molecule has 1 saturated carbocycles. The van der Waals surface area contributed by atoms with Crippen molar-refractivity contribution in [2.45, 2.75) is 39.2 Å². The van der Waals surface area contributed by atoms with Gasteiger partial charge in [-0.2, -0.15) is 0 Å². The number of methoxy groups -OCH3 is 1. The summed E-state index contributed by atoms with van der Waals surface area (Å²) in [7, 11) is 1.74. The highest BCUT2D eigenvalue weighted by Gasteiger charge is 2.40. The van der Waals surface area contributed by atoms with Crippen molar-refractivity contribution in [2.24, 2.45) is 5.41 Å². The van der Waals surface area contributed by atoms with E-state index in [1.807, 2.05) is 12.1 Å². The molecule has 0 aliphatic heterocycles. The second-order valence-electron chi connectivity index (χ2n) is 5.20. The summed E-state index contributed by atoms with van der Waals surface area (Å²) in [6.07, 6.45) is 4.06. The summed E-state index contributed by atoms with van der Waals surface area (Å²) in [4.78, 5) is 0. The van der Waals surface area contributed by atoms with Gasteiger partial charge in [0.05, 0.1) is 7.11 Å². The average molecular weight is 233 g/mol. The fourth-order valence-electron chi connectivity index (χ4n) is 2.34. The molecule has 2 heteroatoms. The van der Waals surface area contributed by atoms with E-state index in [2.05, 4.69) is 31.3 Å². The van der Waals surface area contributed by atoms with Gasteiger partial charge in [-0.1, -0.05) is 25.1 Å². The van der Waals surface area contributed by atoms with Crippen LogP contribution < -0.4 is 10.1 Å². The lowest BCUT2D eigenvalue weighted by molar-refractivity contribution is 0.386. The summed E-state index contributed by atoms with van der Waals surface area (Å²) >= 11 is 0. The van der Waals surface area contributed by atoms with E-state index in [1.54, 1.807) is 7.11 Å². The van der Waals surface area contributed by atoms with Gasteiger partial charge in [-0.25, -0.2) is 0 Å². The van der Waals surface area contributed by atoms with Gasteiger partial charge in [-0.05, 0) is 37.7 Å². The Morgan fingerprint density at radius 1 is 1.35 bits per heavy atom. The van der Waals surface area contributed by atoms with E-state index in [4.69, 9.17) is 4.74 Å². The fourth-order valence-corrected chi connectivity index (χ4v) is 2.34. The molecule has 2 nitrogen and oxygen atoms in total. The monoisotopic (exact) mass is 233 g/mol. The van der Waals surface area contributed by atoms with Crippen molar-refractivity contribution < 1.29 is 4.74 Å². The van der Waals surface area contributed by atoms with Crippen molar-refractivity contribution in [1.29, 1.82) is 0 Å². The minimum absolute atomic E-state index is 0.357. The van der Waals surface area contributed by atoms with Gasteiger partial charge < -0.3 is 10.1 Å². The van der Waals surface area contributed by atoms with Crippen LogP contribution in [0, 0.1) is 5.41 Å². The van der Waals surface area contributed by atoms with E-state index < -0.39 is 0 Å². The molecule has 1 N–H and O–H groups in total. The molecule has 1 unspecified atom stereocenters. The Morgan fingerprint density at radius 3 is 2.65 bits per heavy atom. The second-order valence-corrected chi connectivity index (χ2v) is 5.20. The number of ether oxygens (including phenoxy) is 1. The van der Waals surface area contributed by atoms with E-state index in [1.165, 1.54) is 24.8 Å². The van der Waals surface area contributed by atoms with Crippen molar-refractivity contribution in [3.8, 4) is 5.75 Å². The number of benzene rings is 1. The third kappa shape index (κ3) is 2.81. The molecule has 17 heavy (non-hydrogen) atoms. The molecular formula is C15H23NO. The first-order valence-electron chi connectivity index (χ1n) is 6.57. The Labute approximate surface area is 104 Å². The summed E-state index contributed by atoms with van der Waals surface area (Å²) in [6.45, 7) is 5.63. The maximum atomic E-state index is 5.40. The van der Waals surface area contributed by atoms with E-state index in [9.17, 15) is 0 Å². The van der Waals surface area contributed by atoms with Crippen molar-refractivity contribution in [1.82, 2.24) is 5.32 Å². The highest BCUT2D eigenvalue weighted by Crippen LogP contribution is 2.48. The SMILES string of the molecule is CCC1(CNC(C)c2ccccc2OC)CC1. The maximum Gasteiger partial charge on any atom is 0.123 e. The standard InChI is InChI=1S/C15H23NO/c1-4-15(9-10-15)11-16-12(2)13-7-5-6-8-14(13)17-3/h5-8,12,16H,4,9-11H2,1-3H3. The van der Waals surface area contributed by atoms with Crippen LogP contribution in [0.4, 0.5) is 0 Å². The van der Waals surface area contributed by atoms with Gasteiger partial charge in [-0.15, -0.1) is 0 Å². The van der Waals surface area contributed by atoms with Crippen LogP contribution in [0.2, 0.25) is 0 Å². The van der Waals surface area contributed by atoms with E-state index >= 15 is 0 Å². The topological polar surface area (TPSA) is 21.3 Å². The lowest BCUT2D eigenvalue weighted by Gasteiger charge is -2.20. The van der Waals surface area contributed by atoms with Crippen LogP contribution in [0.15, 0.2) is 24.3 Å². The van der Waals surface area contributed by atoms with Gasteiger partial charge in [0.25, 0.3) is 0 Å². The number of hydrogen-bond donors (Lipinski definition) is 1. The van der Waals surface area contributed by atoms with Gasteiger partial charge in [0.15, 0.2) is 0 Å². The molecule has 0 amide bonds. The Hall–Kier alpha value is -1.02. The normalized spacial score (nSPS) is 18.8. The maximum absolute atomic E-state index is 5.40. The molecule has 1 aliphatic carbocycles. The van der Waals surface area contributed by atoms with Gasteiger partial charge in [0, 0.05) is 18.2 Å². The Morgan fingerprint density at radius 2 is 2.06 bits per heavy atom. The first-order chi connectivity index (χ1) is 8.21. The van der Waals surface area contributed by atoms with Gasteiger partial charge in [0.2, 0.25) is 0 Å². The Kier molecular flexibility index (Phi) is 3.72. The number of hydrogen-bond acceptors (Lipinski definition) is 2. The van der Waals surface area contributed by atoms with Crippen LogP contribution in [0.5, 0.6) is 5.75 Å². The quantitative estimate of drug-likeness (QED) is 0.811. The summed E-state index contributed by atoms with van der Waals surface area (Å²) < 4.78 is 5.40. The molecule has 0 radical (unpaired) electrons.